The number of ether oxygens (including phenoxy) is 1. The first-order valence-electron chi connectivity index (χ1n) is 5.40. The molecule has 1 unspecified atom stereocenters. The zero-order valence-electron chi connectivity index (χ0n) is 9.35. The zero-order chi connectivity index (χ0) is 12.8. The minimum Gasteiger partial charge on any atom is -0.480 e. The molecule has 1 aliphatic heterocycles. The number of carboxylic acids is 1. The number of carbonyl (C=O) groups is 3. The molecule has 0 aromatic rings. The number of carbonyl (C=O) groups excluding carboxylic acids is 2. The summed E-state index contributed by atoms with van der Waals surface area (Å²) in [6, 6.07) is -1.25. The minimum atomic E-state index is -1.26. The minimum absolute atomic E-state index is 0.251. The summed E-state index contributed by atoms with van der Waals surface area (Å²) in [5.74, 6) is -2.63. The van der Waals surface area contributed by atoms with Crippen LogP contribution < -0.4 is 11.1 Å². The van der Waals surface area contributed by atoms with Crippen molar-refractivity contribution in [1.82, 2.24) is 5.32 Å². The van der Waals surface area contributed by atoms with E-state index in [4.69, 9.17) is 15.6 Å². The Balaban J connectivity index is 2.50. The predicted octanol–water partition coefficient (Wildman–Crippen LogP) is -1.14. The Hall–Kier alpha value is -1.63. The van der Waals surface area contributed by atoms with Crippen LogP contribution in [0.15, 0.2) is 0 Å². The first-order valence-corrected chi connectivity index (χ1v) is 5.40. The molecule has 0 spiro atoms. The Kier molecular flexibility index (Phi) is 4.89. The summed E-state index contributed by atoms with van der Waals surface area (Å²) in [4.78, 5) is 33.2. The number of aliphatic carboxylic acids is 1. The van der Waals surface area contributed by atoms with Gasteiger partial charge in [-0.25, -0.2) is 4.79 Å². The van der Waals surface area contributed by atoms with E-state index in [1.807, 2.05) is 0 Å². The summed E-state index contributed by atoms with van der Waals surface area (Å²) >= 11 is 0. The van der Waals surface area contributed by atoms with E-state index in [0.717, 1.165) is 0 Å². The van der Waals surface area contributed by atoms with Crippen molar-refractivity contribution < 1.29 is 24.2 Å². The second-order valence-corrected chi connectivity index (χ2v) is 3.96. The van der Waals surface area contributed by atoms with E-state index >= 15 is 0 Å². The van der Waals surface area contributed by atoms with Gasteiger partial charge in [0.2, 0.25) is 11.8 Å². The molecule has 0 radical (unpaired) electrons. The van der Waals surface area contributed by atoms with Crippen LogP contribution in [0.4, 0.5) is 0 Å². The molecular formula is C10H16N2O5. The third kappa shape index (κ3) is 4.39. The van der Waals surface area contributed by atoms with Crippen LogP contribution in [0.2, 0.25) is 0 Å². The smallest absolute Gasteiger partial charge is 0.326 e. The van der Waals surface area contributed by atoms with Gasteiger partial charge in [0.15, 0.2) is 0 Å². The Morgan fingerprint density at radius 1 is 1.35 bits per heavy atom. The van der Waals surface area contributed by atoms with Crippen LogP contribution in [0.25, 0.3) is 0 Å². The topological polar surface area (TPSA) is 119 Å². The van der Waals surface area contributed by atoms with E-state index in [9.17, 15) is 14.4 Å². The van der Waals surface area contributed by atoms with E-state index in [0.29, 0.717) is 26.1 Å². The predicted molar refractivity (Wildman–Crippen MR) is 56.9 cm³/mol. The lowest BCUT2D eigenvalue weighted by Crippen LogP contribution is -2.46. The number of amides is 2. The van der Waals surface area contributed by atoms with Crippen molar-refractivity contribution in [3.05, 3.63) is 0 Å². The molecule has 1 aliphatic rings. The third-order valence-electron chi connectivity index (χ3n) is 2.61. The van der Waals surface area contributed by atoms with Crippen molar-refractivity contribution in [2.75, 3.05) is 13.2 Å². The lowest BCUT2D eigenvalue weighted by atomic mass is 9.99. The summed E-state index contributed by atoms with van der Waals surface area (Å²) in [6.07, 6.45) is 0.730. The molecule has 1 rings (SSSR count). The van der Waals surface area contributed by atoms with Crippen molar-refractivity contribution in [2.45, 2.75) is 25.3 Å². The number of hydrogen-bond donors (Lipinski definition) is 3. The van der Waals surface area contributed by atoms with Gasteiger partial charge in [-0.1, -0.05) is 0 Å². The lowest BCUT2D eigenvalue weighted by molar-refractivity contribution is -0.144. The Morgan fingerprint density at radius 3 is 2.41 bits per heavy atom. The van der Waals surface area contributed by atoms with Gasteiger partial charge in [0.05, 0.1) is 6.42 Å². The number of nitrogens with two attached hydrogens (primary N) is 1. The molecular weight excluding hydrogens is 228 g/mol. The number of carboxylic acid groups (broad SMARTS) is 1. The van der Waals surface area contributed by atoms with Crippen molar-refractivity contribution in [3.63, 3.8) is 0 Å². The average molecular weight is 244 g/mol. The molecule has 17 heavy (non-hydrogen) atoms. The fourth-order valence-electron chi connectivity index (χ4n) is 1.65. The van der Waals surface area contributed by atoms with Crippen molar-refractivity contribution in [1.29, 1.82) is 0 Å². The standard InChI is InChI=1S/C10H16N2O5/c11-8(13)5-7(10(15)16)12-9(14)6-1-3-17-4-2-6/h6-7H,1-5H2,(H2,11,13)(H,12,14)(H,15,16). The Morgan fingerprint density at radius 2 is 1.94 bits per heavy atom. The molecule has 7 heteroatoms. The molecule has 0 aliphatic carbocycles. The molecule has 96 valence electrons. The summed E-state index contributed by atoms with van der Waals surface area (Å²) in [5, 5.41) is 11.1. The SMILES string of the molecule is NC(=O)CC(NC(=O)C1CCOCC1)C(=O)O. The number of primary amides is 1. The van der Waals surface area contributed by atoms with Crippen LogP contribution in [0.1, 0.15) is 19.3 Å². The second-order valence-electron chi connectivity index (χ2n) is 3.96. The van der Waals surface area contributed by atoms with E-state index in [1.54, 1.807) is 0 Å². The molecule has 0 aromatic carbocycles. The van der Waals surface area contributed by atoms with E-state index < -0.39 is 24.3 Å². The van der Waals surface area contributed by atoms with E-state index in [-0.39, 0.29) is 11.8 Å². The molecule has 2 amide bonds. The maximum atomic E-state index is 11.7. The van der Waals surface area contributed by atoms with Crippen LogP contribution >= 0.6 is 0 Å². The van der Waals surface area contributed by atoms with Gasteiger partial charge in [0.1, 0.15) is 6.04 Å². The van der Waals surface area contributed by atoms with Gasteiger partial charge >= 0.3 is 5.97 Å². The molecule has 7 nitrogen and oxygen atoms in total. The Labute approximate surface area is 98.3 Å². The molecule has 1 heterocycles. The van der Waals surface area contributed by atoms with Crippen LogP contribution in [0, 0.1) is 5.92 Å². The van der Waals surface area contributed by atoms with Crippen LogP contribution in [0.3, 0.4) is 0 Å². The van der Waals surface area contributed by atoms with E-state index in [1.165, 1.54) is 0 Å². The number of hydrogen-bond acceptors (Lipinski definition) is 4. The summed E-state index contributed by atoms with van der Waals surface area (Å²) in [5.41, 5.74) is 4.91. The monoisotopic (exact) mass is 244 g/mol. The number of nitrogens with one attached hydrogen (secondary N) is 1. The van der Waals surface area contributed by atoms with Crippen molar-refractivity contribution >= 4 is 17.8 Å². The molecule has 4 N–H and O–H groups in total. The van der Waals surface area contributed by atoms with Crippen LogP contribution in [0.5, 0.6) is 0 Å². The first kappa shape index (κ1) is 13.4. The van der Waals surface area contributed by atoms with Gasteiger partial charge < -0.3 is 20.9 Å². The Bertz CT molecular complexity index is 312. The summed E-state index contributed by atoms with van der Waals surface area (Å²) in [6.45, 7) is 0.983. The van der Waals surface area contributed by atoms with Crippen molar-refractivity contribution in [3.8, 4) is 0 Å². The summed E-state index contributed by atoms with van der Waals surface area (Å²) in [7, 11) is 0. The largest absolute Gasteiger partial charge is 0.480 e. The van der Waals surface area contributed by atoms with Gasteiger partial charge in [0.25, 0.3) is 0 Å². The van der Waals surface area contributed by atoms with Crippen LogP contribution in [-0.4, -0.2) is 42.1 Å². The van der Waals surface area contributed by atoms with Crippen LogP contribution in [-0.2, 0) is 19.1 Å². The molecule has 1 saturated heterocycles. The first-order chi connectivity index (χ1) is 8.00. The fraction of sp³-hybridized carbons (Fsp3) is 0.700. The highest BCUT2D eigenvalue weighted by Crippen LogP contribution is 2.14. The quantitative estimate of drug-likeness (QED) is 0.564. The fourth-order valence-corrected chi connectivity index (χ4v) is 1.65. The van der Waals surface area contributed by atoms with Gasteiger partial charge in [-0.05, 0) is 12.8 Å². The molecule has 1 fully saturated rings. The highest BCUT2D eigenvalue weighted by atomic mass is 16.5. The molecule has 1 atom stereocenters. The van der Waals surface area contributed by atoms with Crippen molar-refractivity contribution in [2.24, 2.45) is 11.7 Å². The second kappa shape index (κ2) is 6.19. The lowest BCUT2D eigenvalue weighted by Gasteiger charge is -2.23. The highest BCUT2D eigenvalue weighted by molar-refractivity contribution is 5.88. The zero-order valence-corrected chi connectivity index (χ0v) is 9.35. The van der Waals surface area contributed by atoms with Gasteiger partial charge in [-0.3, -0.25) is 9.59 Å². The maximum absolute atomic E-state index is 11.7. The van der Waals surface area contributed by atoms with Gasteiger partial charge in [-0.15, -0.1) is 0 Å². The normalized spacial score (nSPS) is 18.4. The molecule has 0 aromatic heterocycles. The summed E-state index contributed by atoms with van der Waals surface area (Å²) < 4.78 is 5.10. The maximum Gasteiger partial charge on any atom is 0.326 e. The molecule has 0 saturated carbocycles. The van der Waals surface area contributed by atoms with Gasteiger partial charge in [0, 0.05) is 19.1 Å². The third-order valence-corrected chi connectivity index (χ3v) is 2.61. The van der Waals surface area contributed by atoms with E-state index in [2.05, 4.69) is 5.32 Å². The number of rotatable bonds is 5. The average Bonchev–Trinajstić information content (AvgIpc) is 2.28. The van der Waals surface area contributed by atoms with Gasteiger partial charge in [-0.2, -0.15) is 0 Å². The highest BCUT2D eigenvalue weighted by Gasteiger charge is 2.27. The molecule has 0 bridgehead atoms.